The number of aryl methyl sites for hydroxylation is 1. The van der Waals surface area contributed by atoms with Crippen LogP contribution in [-0.2, 0) is 12.1 Å². The molecule has 0 amide bonds. The highest BCUT2D eigenvalue weighted by Gasteiger charge is 2.36. The molecule has 0 aliphatic heterocycles. The van der Waals surface area contributed by atoms with Crippen molar-refractivity contribution in [2.24, 2.45) is 11.7 Å². The summed E-state index contributed by atoms with van der Waals surface area (Å²) in [5.41, 5.74) is 8.57. The standard InChI is InChI=1S/C17H24ClN3/c1-3-12-7-9-17(19,10-8-12)16-20-14-6-5-13(18)11-15(14)21(16)4-2/h5-6,11-12H,3-4,7-10,19H2,1-2H3. The molecule has 21 heavy (non-hydrogen) atoms. The van der Waals surface area contributed by atoms with Gasteiger partial charge in [0.25, 0.3) is 0 Å². The van der Waals surface area contributed by atoms with E-state index in [1.807, 2.05) is 18.2 Å². The molecule has 0 spiro atoms. The molecule has 1 aliphatic rings. The predicted octanol–water partition coefficient (Wildman–Crippen LogP) is 4.46. The molecule has 1 aromatic heterocycles. The van der Waals surface area contributed by atoms with Crippen molar-refractivity contribution in [2.75, 3.05) is 0 Å². The van der Waals surface area contributed by atoms with Crippen LogP contribution in [0.25, 0.3) is 11.0 Å². The summed E-state index contributed by atoms with van der Waals surface area (Å²) in [6.07, 6.45) is 5.74. The van der Waals surface area contributed by atoms with Crippen molar-refractivity contribution in [3.63, 3.8) is 0 Å². The lowest BCUT2D eigenvalue weighted by molar-refractivity contribution is 0.218. The molecular formula is C17H24ClN3. The van der Waals surface area contributed by atoms with Crippen LogP contribution < -0.4 is 5.73 Å². The fourth-order valence-electron chi connectivity index (χ4n) is 3.62. The molecule has 4 heteroatoms. The Morgan fingerprint density at radius 1 is 1.33 bits per heavy atom. The Labute approximate surface area is 131 Å². The number of nitrogens with zero attached hydrogens (tertiary/aromatic N) is 2. The van der Waals surface area contributed by atoms with Gasteiger partial charge < -0.3 is 10.3 Å². The van der Waals surface area contributed by atoms with Crippen LogP contribution in [-0.4, -0.2) is 9.55 Å². The number of hydrogen-bond acceptors (Lipinski definition) is 2. The van der Waals surface area contributed by atoms with Gasteiger partial charge in [0, 0.05) is 11.6 Å². The largest absolute Gasteiger partial charge is 0.327 e. The van der Waals surface area contributed by atoms with Gasteiger partial charge in [0.1, 0.15) is 5.82 Å². The lowest BCUT2D eigenvalue weighted by Crippen LogP contribution is -2.42. The first-order valence-electron chi connectivity index (χ1n) is 8.02. The van der Waals surface area contributed by atoms with Crippen LogP contribution in [0.3, 0.4) is 0 Å². The van der Waals surface area contributed by atoms with Crippen molar-refractivity contribution in [3.8, 4) is 0 Å². The van der Waals surface area contributed by atoms with E-state index >= 15 is 0 Å². The summed E-state index contributed by atoms with van der Waals surface area (Å²) in [6, 6.07) is 5.89. The highest BCUT2D eigenvalue weighted by Crippen LogP contribution is 2.39. The molecule has 1 saturated carbocycles. The Morgan fingerprint density at radius 2 is 2.05 bits per heavy atom. The molecule has 0 atom stereocenters. The Morgan fingerprint density at radius 3 is 2.67 bits per heavy atom. The number of hydrogen-bond donors (Lipinski definition) is 1. The summed E-state index contributed by atoms with van der Waals surface area (Å²) >= 11 is 6.14. The van der Waals surface area contributed by atoms with Crippen LogP contribution in [0.5, 0.6) is 0 Å². The minimum atomic E-state index is -0.285. The van der Waals surface area contributed by atoms with E-state index in [0.717, 1.165) is 47.2 Å². The van der Waals surface area contributed by atoms with Crippen molar-refractivity contribution < 1.29 is 0 Å². The van der Waals surface area contributed by atoms with Gasteiger partial charge in [-0.15, -0.1) is 0 Å². The number of fused-ring (bicyclic) bond motifs is 1. The van der Waals surface area contributed by atoms with Crippen LogP contribution in [0.1, 0.15) is 51.8 Å². The number of benzene rings is 1. The SMILES string of the molecule is CCC1CCC(N)(c2nc3ccc(Cl)cc3n2CC)CC1. The summed E-state index contributed by atoms with van der Waals surface area (Å²) in [6.45, 7) is 5.30. The van der Waals surface area contributed by atoms with Gasteiger partial charge >= 0.3 is 0 Å². The third kappa shape index (κ3) is 2.58. The molecule has 114 valence electrons. The molecule has 3 rings (SSSR count). The van der Waals surface area contributed by atoms with Gasteiger partial charge in [0.05, 0.1) is 16.6 Å². The van der Waals surface area contributed by atoms with E-state index < -0.39 is 0 Å². The molecular weight excluding hydrogens is 282 g/mol. The maximum atomic E-state index is 6.76. The summed E-state index contributed by atoms with van der Waals surface area (Å²) in [5, 5.41) is 0.754. The zero-order valence-corrected chi connectivity index (χ0v) is 13.7. The maximum Gasteiger partial charge on any atom is 0.130 e. The molecule has 1 aromatic carbocycles. The summed E-state index contributed by atoms with van der Waals surface area (Å²) in [7, 11) is 0. The van der Waals surface area contributed by atoms with Crippen LogP contribution in [0.4, 0.5) is 0 Å². The number of halogens is 1. The first kappa shape index (κ1) is 14.9. The van der Waals surface area contributed by atoms with Gasteiger partial charge in [-0.3, -0.25) is 0 Å². The zero-order valence-electron chi connectivity index (χ0n) is 12.9. The van der Waals surface area contributed by atoms with Crippen LogP contribution in [0, 0.1) is 5.92 Å². The van der Waals surface area contributed by atoms with Crippen molar-refractivity contribution >= 4 is 22.6 Å². The highest BCUT2D eigenvalue weighted by atomic mass is 35.5. The van der Waals surface area contributed by atoms with Gasteiger partial charge in [0.15, 0.2) is 0 Å². The average Bonchev–Trinajstić information content (AvgIpc) is 2.86. The van der Waals surface area contributed by atoms with Crippen LogP contribution >= 0.6 is 11.6 Å². The summed E-state index contributed by atoms with van der Waals surface area (Å²) in [5.74, 6) is 1.87. The molecule has 0 saturated heterocycles. The number of nitrogens with two attached hydrogens (primary N) is 1. The quantitative estimate of drug-likeness (QED) is 0.909. The predicted molar refractivity (Wildman–Crippen MR) is 88.5 cm³/mol. The Bertz CT molecular complexity index is 639. The average molecular weight is 306 g/mol. The number of imidazole rings is 1. The summed E-state index contributed by atoms with van der Waals surface area (Å²) < 4.78 is 2.24. The summed E-state index contributed by atoms with van der Waals surface area (Å²) in [4.78, 5) is 4.85. The molecule has 1 aliphatic carbocycles. The Hall–Kier alpha value is -1.06. The van der Waals surface area contributed by atoms with Gasteiger partial charge in [-0.1, -0.05) is 24.9 Å². The van der Waals surface area contributed by atoms with E-state index in [0.29, 0.717) is 0 Å². The van der Waals surface area contributed by atoms with Crippen molar-refractivity contribution in [3.05, 3.63) is 29.0 Å². The van der Waals surface area contributed by atoms with E-state index in [9.17, 15) is 0 Å². The smallest absolute Gasteiger partial charge is 0.130 e. The third-order valence-electron chi connectivity index (χ3n) is 5.05. The van der Waals surface area contributed by atoms with E-state index in [4.69, 9.17) is 22.3 Å². The lowest BCUT2D eigenvalue weighted by Gasteiger charge is -2.36. The highest BCUT2D eigenvalue weighted by molar-refractivity contribution is 6.31. The monoisotopic (exact) mass is 305 g/mol. The maximum absolute atomic E-state index is 6.76. The minimum absolute atomic E-state index is 0.285. The molecule has 0 radical (unpaired) electrons. The molecule has 1 heterocycles. The van der Waals surface area contributed by atoms with Gasteiger partial charge in [-0.2, -0.15) is 0 Å². The number of rotatable bonds is 3. The van der Waals surface area contributed by atoms with Crippen molar-refractivity contribution in [2.45, 2.75) is 58.0 Å². The second kappa shape index (κ2) is 5.62. The first-order valence-corrected chi connectivity index (χ1v) is 8.40. The van der Waals surface area contributed by atoms with E-state index in [2.05, 4.69) is 18.4 Å². The van der Waals surface area contributed by atoms with Gasteiger partial charge in [-0.05, 0) is 56.7 Å². The van der Waals surface area contributed by atoms with E-state index in [-0.39, 0.29) is 5.54 Å². The molecule has 2 N–H and O–H groups in total. The molecule has 3 nitrogen and oxygen atoms in total. The Balaban J connectivity index is 2.03. The topological polar surface area (TPSA) is 43.8 Å². The fourth-order valence-corrected chi connectivity index (χ4v) is 3.79. The van der Waals surface area contributed by atoms with Crippen molar-refractivity contribution in [1.82, 2.24) is 9.55 Å². The normalized spacial score (nSPS) is 26.4. The van der Waals surface area contributed by atoms with Gasteiger partial charge in [0.2, 0.25) is 0 Å². The minimum Gasteiger partial charge on any atom is -0.327 e. The van der Waals surface area contributed by atoms with Crippen LogP contribution in [0.15, 0.2) is 18.2 Å². The van der Waals surface area contributed by atoms with Gasteiger partial charge in [-0.25, -0.2) is 4.98 Å². The second-order valence-corrected chi connectivity index (χ2v) is 6.76. The van der Waals surface area contributed by atoms with Crippen LogP contribution in [0.2, 0.25) is 5.02 Å². The molecule has 0 unspecified atom stereocenters. The Kier molecular flexibility index (Phi) is 3.98. The molecule has 0 bridgehead atoms. The first-order chi connectivity index (χ1) is 10.1. The lowest BCUT2D eigenvalue weighted by atomic mass is 9.75. The fraction of sp³-hybridized carbons (Fsp3) is 0.588. The van der Waals surface area contributed by atoms with E-state index in [1.54, 1.807) is 0 Å². The molecule has 1 fully saturated rings. The van der Waals surface area contributed by atoms with Crippen molar-refractivity contribution in [1.29, 1.82) is 0 Å². The number of aromatic nitrogens is 2. The molecule has 2 aromatic rings. The zero-order chi connectivity index (χ0) is 15.0. The second-order valence-electron chi connectivity index (χ2n) is 6.32. The third-order valence-corrected chi connectivity index (χ3v) is 5.28. The van der Waals surface area contributed by atoms with E-state index in [1.165, 1.54) is 19.3 Å².